The number of nitrogens with one attached hydrogen (secondary N) is 2. The number of aryl methyl sites for hydroxylation is 1. The summed E-state index contributed by atoms with van der Waals surface area (Å²) in [6.45, 7) is 3.10. The molecule has 25 heavy (non-hydrogen) atoms. The Labute approximate surface area is 145 Å². The molecule has 1 saturated carbocycles. The maximum Gasteiger partial charge on any atom is 0.254 e. The van der Waals surface area contributed by atoms with Gasteiger partial charge in [0.1, 0.15) is 12.1 Å². The highest BCUT2D eigenvalue weighted by atomic mass is 16.2. The molecule has 4 rings (SSSR count). The van der Waals surface area contributed by atoms with E-state index in [2.05, 4.69) is 37.8 Å². The molecule has 0 unspecified atom stereocenters. The van der Waals surface area contributed by atoms with Gasteiger partial charge in [-0.2, -0.15) is 14.6 Å². The van der Waals surface area contributed by atoms with Gasteiger partial charge in [0.2, 0.25) is 5.91 Å². The molecule has 0 aliphatic heterocycles. The molecule has 0 radical (unpaired) electrons. The molecule has 2 heterocycles. The third-order valence-electron chi connectivity index (χ3n) is 4.47. The Bertz CT molecular complexity index is 891. The quantitative estimate of drug-likeness (QED) is 0.670. The van der Waals surface area contributed by atoms with Crippen molar-refractivity contribution in [3.8, 4) is 0 Å². The zero-order chi connectivity index (χ0) is 17.2. The molecule has 2 aromatic heterocycles. The topological polar surface area (TPSA) is 84.2 Å². The molecular formula is C18H20N6O. The minimum atomic E-state index is 0.104. The van der Waals surface area contributed by atoms with Crippen LogP contribution >= 0.6 is 0 Å². The summed E-state index contributed by atoms with van der Waals surface area (Å²) in [5.74, 6) is 1.99. The lowest BCUT2D eigenvalue weighted by molar-refractivity contribution is -0.122. The van der Waals surface area contributed by atoms with Crippen LogP contribution in [-0.2, 0) is 4.79 Å². The van der Waals surface area contributed by atoms with Crippen molar-refractivity contribution in [2.45, 2.75) is 19.3 Å². The molecule has 1 aliphatic rings. The maximum absolute atomic E-state index is 12.2. The van der Waals surface area contributed by atoms with Crippen LogP contribution in [0.3, 0.4) is 0 Å². The predicted octanol–water partition coefficient (Wildman–Crippen LogP) is 1.76. The fraction of sp³-hybridized carbons (Fsp3) is 0.333. The zero-order valence-corrected chi connectivity index (χ0v) is 14.0. The molecule has 1 amide bonds. The number of carbonyl (C=O) groups is 1. The smallest absolute Gasteiger partial charge is 0.254 e. The third-order valence-corrected chi connectivity index (χ3v) is 4.47. The van der Waals surface area contributed by atoms with E-state index < -0.39 is 0 Å². The number of hydrogen-bond acceptors (Lipinski definition) is 5. The summed E-state index contributed by atoms with van der Waals surface area (Å²) in [6.07, 6.45) is 2.41. The van der Waals surface area contributed by atoms with Gasteiger partial charge in [0.25, 0.3) is 5.78 Å². The minimum Gasteiger partial charge on any atom is -0.368 e. The number of aromatic nitrogens is 4. The van der Waals surface area contributed by atoms with Crippen molar-refractivity contribution < 1.29 is 4.79 Å². The van der Waals surface area contributed by atoms with Crippen molar-refractivity contribution in [1.29, 1.82) is 0 Å². The fourth-order valence-electron chi connectivity index (χ4n) is 3.12. The van der Waals surface area contributed by atoms with E-state index >= 15 is 0 Å². The van der Waals surface area contributed by atoms with Gasteiger partial charge in [0, 0.05) is 30.8 Å². The molecule has 2 atom stereocenters. The number of fused-ring (bicyclic) bond motifs is 1. The Morgan fingerprint density at radius 1 is 1.28 bits per heavy atom. The molecule has 7 heteroatoms. The Morgan fingerprint density at radius 3 is 2.96 bits per heavy atom. The summed E-state index contributed by atoms with van der Waals surface area (Å²) in [4.78, 5) is 20.6. The number of hydrogen-bond donors (Lipinski definition) is 2. The molecule has 3 aromatic rings. The molecule has 1 fully saturated rings. The van der Waals surface area contributed by atoms with E-state index in [0.717, 1.165) is 17.9 Å². The molecule has 0 saturated heterocycles. The second-order valence-electron chi connectivity index (χ2n) is 6.33. The van der Waals surface area contributed by atoms with Gasteiger partial charge in [-0.05, 0) is 24.8 Å². The molecule has 7 nitrogen and oxygen atoms in total. The van der Waals surface area contributed by atoms with E-state index in [0.29, 0.717) is 24.8 Å². The van der Waals surface area contributed by atoms with Crippen molar-refractivity contribution in [3.05, 3.63) is 54.0 Å². The van der Waals surface area contributed by atoms with Crippen molar-refractivity contribution in [3.63, 3.8) is 0 Å². The van der Waals surface area contributed by atoms with Gasteiger partial charge in [-0.25, -0.2) is 4.98 Å². The number of nitrogens with zero attached hydrogens (tertiary/aromatic N) is 4. The highest BCUT2D eigenvalue weighted by Crippen LogP contribution is 2.47. The number of carbonyl (C=O) groups excluding carboxylic acids is 1. The van der Waals surface area contributed by atoms with Gasteiger partial charge in [0.05, 0.1) is 0 Å². The predicted molar refractivity (Wildman–Crippen MR) is 94.3 cm³/mol. The van der Waals surface area contributed by atoms with Gasteiger partial charge in [-0.15, -0.1) is 0 Å². The highest BCUT2D eigenvalue weighted by molar-refractivity contribution is 5.82. The van der Waals surface area contributed by atoms with E-state index in [-0.39, 0.29) is 11.8 Å². The van der Waals surface area contributed by atoms with Gasteiger partial charge >= 0.3 is 0 Å². The van der Waals surface area contributed by atoms with Crippen LogP contribution in [-0.4, -0.2) is 38.6 Å². The average Bonchev–Trinajstić information content (AvgIpc) is 3.29. The summed E-state index contributed by atoms with van der Waals surface area (Å²) < 4.78 is 1.65. The number of rotatable bonds is 6. The lowest BCUT2D eigenvalue weighted by Crippen LogP contribution is -2.30. The standard InChI is InChI=1S/C18H20N6O/c1-12-9-16(24-18(23-12)21-11-22-24)19-7-8-20-17(25)15-10-14(15)13-5-3-2-4-6-13/h2-6,9,11,14-15,19H,7-8,10H2,1H3,(H,20,25)/t14-,15-/m1/s1. The molecule has 0 bridgehead atoms. The first kappa shape index (κ1) is 15.6. The van der Waals surface area contributed by atoms with Crippen LogP contribution < -0.4 is 10.6 Å². The van der Waals surface area contributed by atoms with E-state index in [4.69, 9.17) is 0 Å². The third kappa shape index (κ3) is 3.31. The molecule has 2 N–H and O–H groups in total. The van der Waals surface area contributed by atoms with E-state index in [1.54, 1.807) is 4.52 Å². The lowest BCUT2D eigenvalue weighted by Gasteiger charge is -2.09. The van der Waals surface area contributed by atoms with Crippen LogP contribution in [0.1, 0.15) is 23.6 Å². The van der Waals surface area contributed by atoms with Crippen molar-refractivity contribution >= 4 is 17.5 Å². The van der Waals surface area contributed by atoms with Crippen molar-refractivity contribution in [2.24, 2.45) is 5.92 Å². The molecule has 0 spiro atoms. The van der Waals surface area contributed by atoms with Crippen LogP contribution in [0.15, 0.2) is 42.7 Å². The Hall–Kier alpha value is -2.96. The van der Waals surface area contributed by atoms with Gasteiger partial charge in [-0.1, -0.05) is 30.3 Å². The first-order valence-electron chi connectivity index (χ1n) is 8.46. The molecule has 1 aliphatic carbocycles. The van der Waals surface area contributed by atoms with Gasteiger partial charge in [-0.3, -0.25) is 4.79 Å². The first-order chi connectivity index (χ1) is 12.2. The summed E-state index contributed by atoms with van der Waals surface area (Å²) in [5, 5.41) is 10.4. The Balaban J connectivity index is 1.27. The number of anilines is 1. The largest absolute Gasteiger partial charge is 0.368 e. The molecular weight excluding hydrogens is 316 g/mol. The van der Waals surface area contributed by atoms with Crippen LogP contribution in [0.4, 0.5) is 5.82 Å². The number of benzene rings is 1. The second kappa shape index (κ2) is 6.51. The second-order valence-corrected chi connectivity index (χ2v) is 6.33. The summed E-state index contributed by atoms with van der Waals surface area (Å²) in [6, 6.07) is 12.1. The highest BCUT2D eigenvalue weighted by Gasteiger charge is 2.43. The van der Waals surface area contributed by atoms with Crippen LogP contribution in [0.25, 0.3) is 5.78 Å². The van der Waals surface area contributed by atoms with Crippen molar-refractivity contribution in [2.75, 3.05) is 18.4 Å². The van der Waals surface area contributed by atoms with E-state index in [1.807, 2.05) is 31.2 Å². The minimum absolute atomic E-state index is 0.104. The van der Waals surface area contributed by atoms with Gasteiger partial charge in [0.15, 0.2) is 0 Å². The first-order valence-corrected chi connectivity index (χ1v) is 8.46. The Morgan fingerprint density at radius 2 is 2.12 bits per heavy atom. The number of amides is 1. The Kier molecular flexibility index (Phi) is 4.05. The zero-order valence-electron chi connectivity index (χ0n) is 14.0. The van der Waals surface area contributed by atoms with Crippen molar-refractivity contribution in [1.82, 2.24) is 24.9 Å². The normalized spacial score (nSPS) is 18.9. The van der Waals surface area contributed by atoms with E-state index in [1.165, 1.54) is 11.9 Å². The van der Waals surface area contributed by atoms with Gasteiger partial charge < -0.3 is 10.6 Å². The summed E-state index contributed by atoms with van der Waals surface area (Å²) in [7, 11) is 0. The monoisotopic (exact) mass is 336 g/mol. The molecule has 128 valence electrons. The lowest BCUT2D eigenvalue weighted by atomic mass is 10.1. The average molecular weight is 336 g/mol. The fourth-order valence-corrected chi connectivity index (χ4v) is 3.12. The van der Waals surface area contributed by atoms with Crippen LogP contribution in [0.5, 0.6) is 0 Å². The van der Waals surface area contributed by atoms with Crippen LogP contribution in [0, 0.1) is 12.8 Å². The summed E-state index contributed by atoms with van der Waals surface area (Å²) in [5.41, 5.74) is 2.12. The van der Waals surface area contributed by atoms with E-state index in [9.17, 15) is 4.79 Å². The SMILES string of the molecule is Cc1cc(NCCNC(=O)[C@@H]2C[C@@H]2c2ccccc2)n2ncnc2n1. The van der Waals surface area contributed by atoms with Crippen LogP contribution in [0.2, 0.25) is 0 Å². The summed E-state index contributed by atoms with van der Waals surface area (Å²) >= 11 is 0. The molecule has 1 aromatic carbocycles. The maximum atomic E-state index is 12.2.